The summed E-state index contributed by atoms with van der Waals surface area (Å²) in [4.78, 5) is 17.3. The number of halogens is 2. The van der Waals surface area contributed by atoms with Crippen molar-refractivity contribution < 1.29 is 9.53 Å². The summed E-state index contributed by atoms with van der Waals surface area (Å²) in [5, 5.41) is 12.3. The van der Waals surface area contributed by atoms with Crippen LogP contribution < -0.4 is 10.1 Å². The van der Waals surface area contributed by atoms with Crippen molar-refractivity contribution in [3.63, 3.8) is 0 Å². The molecular weight excluding hydrogens is 462 g/mol. The zero-order chi connectivity index (χ0) is 20.1. The van der Waals surface area contributed by atoms with Crippen molar-refractivity contribution in [2.24, 2.45) is 4.99 Å². The van der Waals surface area contributed by atoms with E-state index in [0.717, 1.165) is 17.7 Å². The van der Waals surface area contributed by atoms with E-state index in [9.17, 15) is 4.79 Å². The lowest BCUT2D eigenvalue weighted by Gasteiger charge is -2.08. The summed E-state index contributed by atoms with van der Waals surface area (Å²) in [6.07, 6.45) is 2.70. The third-order valence-corrected chi connectivity index (χ3v) is 5.61. The molecule has 1 N–H and O–H groups in total. The SMILES string of the molecule is CCc1ccc(N=C2NC(=O)/C(=C/c3cc(Cl)c(OCC#N)c(Br)c3)S2)cc1. The molecule has 0 aliphatic carbocycles. The summed E-state index contributed by atoms with van der Waals surface area (Å²) >= 11 is 10.9. The highest BCUT2D eigenvalue weighted by atomic mass is 79.9. The summed E-state index contributed by atoms with van der Waals surface area (Å²) in [6.45, 7) is 1.99. The molecule has 0 bridgehead atoms. The quantitative estimate of drug-likeness (QED) is 0.582. The fourth-order valence-corrected chi connectivity index (χ4v) is 4.29. The number of thioether (sulfide) groups is 1. The largest absolute Gasteiger partial charge is 0.476 e. The second-order valence-corrected chi connectivity index (χ2v) is 8.05. The van der Waals surface area contributed by atoms with Crippen molar-refractivity contribution in [2.45, 2.75) is 13.3 Å². The molecule has 28 heavy (non-hydrogen) atoms. The molecular formula is C20H15BrClN3O2S. The molecule has 1 aliphatic heterocycles. The molecule has 1 saturated heterocycles. The monoisotopic (exact) mass is 475 g/mol. The van der Waals surface area contributed by atoms with E-state index in [1.165, 1.54) is 17.3 Å². The number of nitrogens with zero attached hydrogens (tertiary/aromatic N) is 2. The summed E-state index contributed by atoms with van der Waals surface area (Å²) in [7, 11) is 0. The number of amidine groups is 1. The van der Waals surface area contributed by atoms with Crippen LogP contribution in [-0.2, 0) is 11.2 Å². The van der Waals surface area contributed by atoms with Crippen LogP contribution in [0.1, 0.15) is 18.1 Å². The molecule has 1 amide bonds. The molecule has 5 nitrogen and oxygen atoms in total. The van der Waals surface area contributed by atoms with Gasteiger partial charge in [-0.3, -0.25) is 4.79 Å². The van der Waals surface area contributed by atoms with Gasteiger partial charge < -0.3 is 10.1 Å². The first-order chi connectivity index (χ1) is 13.5. The van der Waals surface area contributed by atoms with Crippen LogP contribution in [0.2, 0.25) is 5.02 Å². The lowest BCUT2D eigenvalue weighted by atomic mass is 10.2. The number of rotatable bonds is 5. The van der Waals surface area contributed by atoms with Crippen LogP contribution in [0, 0.1) is 11.3 Å². The van der Waals surface area contributed by atoms with Crippen LogP contribution in [0.15, 0.2) is 50.8 Å². The molecule has 0 saturated carbocycles. The zero-order valence-electron chi connectivity index (χ0n) is 14.8. The minimum atomic E-state index is -0.217. The smallest absolute Gasteiger partial charge is 0.264 e. The molecule has 8 heteroatoms. The number of nitrogens with one attached hydrogen (secondary N) is 1. The van der Waals surface area contributed by atoms with Crippen LogP contribution in [0.5, 0.6) is 5.75 Å². The maximum Gasteiger partial charge on any atom is 0.264 e. The Labute approximate surface area is 180 Å². The topological polar surface area (TPSA) is 74.5 Å². The number of hydrogen-bond acceptors (Lipinski definition) is 5. The van der Waals surface area contributed by atoms with Gasteiger partial charge in [0, 0.05) is 0 Å². The van der Waals surface area contributed by atoms with E-state index in [4.69, 9.17) is 21.6 Å². The molecule has 3 rings (SSSR count). The zero-order valence-corrected chi connectivity index (χ0v) is 18.0. The number of amides is 1. The van der Waals surface area contributed by atoms with Crippen molar-refractivity contribution in [3.05, 3.63) is 61.9 Å². The second kappa shape index (κ2) is 9.28. The third-order valence-electron chi connectivity index (χ3n) is 3.83. The average molecular weight is 477 g/mol. The third kappa shape index (κ3) is 4.96. The van der Waals surface area contributed by atoms with Gasteiger partial charge in [-0.15, -0.1) is 0 Å². The average Bonchev–Trinajstić information content (AvgIpc) is 3.00. The van der Waals surface area contributed by atoms with Gasteiger partial charge in [0.15, 0.2) is 17.5 Å². The van der Waals surface area contributed by atoms with E-state index >= 15 is 0 Å². The molecule has 1 heterocycles. The van der Waals surface area contributed by atoms with Crippen molar-refractivity contribution in [2.75, 3.05) is 6.61 Å². The molecule has 2 aromatic rings. The van der Waals surface area contributed by atoms with Gasteiger partial charge in [-0.05, 0) is 75.6 Å². The molecule has 0 atom stereocenters. The van der Waals surface area contributed by atoms with Gasteiger partial charge in [-0.2, -0.15) is 5.26 Å². The first-order valence-corrected chi connectivity index (χ1v) is 10.4. The minimum absolute atomic E-state index is 0.101. The molecule has 1 aliphatic rings. The highest BCUT2D eigenvalue weighted by molar-refractivity contribution is 9.10. The van der Waals surface area contributed by atoms with Gasteiger partial charge >= 0.3 is 0 Å². The van der Waals surface area contributed by atoms with Crippen LogP contribution in [0.25, 0.3) is 6.08 Å². The predicted molar refractivity (Wildman–Crippen MR) is 117 cm³/mol. The van der Waals surface area contributed by atoms with Gasteiger partial charge in [-0.1, -0.05) is 30.7 Å². The highest BCUT2D eigenvalue weighted by Gasteiger charge is 2.24. The number of ether oxygens (including phenoxy) is 1. The van der Waals surface area contributed by atoms with E-state index in [1.54, 1.807) is 18.2 Å². The number of carbonyl (C=O) groups is 1. The first-order valence-electron chi connectivity index (χ1n) is 8.37. The van der Waals surface area contributed by atoms with Gasteiger partial charge in [0.05, 0.1) is 20.1 Å². The Morgan fingerprint density at radius 1 is 1.36 bits per heavy atom. The normalized spacial score (nSPS) is 16.3. The molecule has 0 radical (unpaired) electrons. The van der Waals surface area contributed by atoms with Crippen molar-refractivity contribution in [1.29, 1.82) is 5.26 Å². The maximum atomic E-state index is 12.3. The van der Waals surface area contributed by atoms with Crippen LogP contribution in [0.4, 0.5) is 5.69 Å². The summed E-state index contributed by atoms with van der Waals surface area (Å²) in [6, 6.07) is 13.2. The highest BCUT2D eigenvalue weighted by Crippen LogP contribution is 2.36. The predicted octanol–water partition coefficient (Wildman–Crippen LogP) is 5.46. The maximum absolute atomic E-state index is 12.3. The van der Waals surface area contributed by atoms with E-state index in [1.807, 2.05) is 30.3 Å². The summed E-state index contributed by atoms with van der Waals surface area (Å²) < 4.78 is 5.91. The Hall–Kier alpha value is -2.27. The minimum Gasteiger partial charge on any atom is -0.476 e. The fraction of sp³-hybridized carbons (Fsp3) is 0.150. The van der Waals surface area contributed by atoms with E-state index in [-0.39, 0.29) is 12.5 Å². The number of nitriles is 1. The van der Waals surface area contributed by atoms with Crippen molar-refractivity contribution >= 4 is 62.1 Å². The number of aryl methyl sites for hydroxylation is 1. The Balaban J connectivity index is 1.80. The van der Waals surface area contributed by atoms with Crippen LogP contribution >= 0.6 is 39.3 Å². The van der Waals surface area contributed by atoms with Crippen LogP contribution in [0.3, 0.4) is 0 Å². The van der Waals surface area contributed by atoms with Gasteiger partial charge in [0.1, 0.15) is 6.07 Å². The standard InChI is InChI=1S/C20H15BrClN3O2S/c1-2-12-3-5-14(6-4-12)24-20-25-19(26)17(28-20)11-13-9-15(21)18(16(22)10-13)27-8-7-23/h3-6,9-11H,2,8H2,1H3,(H,24,25,26)/b17-11-. The van der Waals surface area contributed by atoms with E-state index in [0.29, 0.717) is 25.3 Å². The lowest BCUT2D eigenvalue weighted by Crippen LogP contribution is -2.19. The first kappa shape index (κ1) is 20.5. The van der Waals surface area contributed by atoms with E-state index in [2.05, 4.69) is 33.2 Å². The number of benzene rings is 2. The lowest BCUT2D eigenvalue weighted by molar-refractivity contribution is -0.115. The molecule has 0 spiro atoms. The van der Waals surface area contributed by atoms with Crippen LogP contribution in [-0.4, -0.2) is 17.7 Å². The van der Waals surface area contributed by atoms with Gasteiger partial charge in [0.25, 0.3) is 5.91 Å². The number of hydrogen-bond donors (Lipinski definition) is 1. The Morgan fingerprint density at radius 3 is 2.75 bits per heavy atom. The van der Waals surface area contributed by atoms with Crippen molar-refractivity contribution in [3.8, 4) is 11.8 Å². The molecule has 142 valence electrons. The molecule has 2 aromatic carbocycles. The second-order valence-electron chi connectivity index (χ2n) is 5.76. The molecule has 0 aromatic heterocycles. The molecule has 1 fully saturated rings. The summed E-state index contributed by atoms with van der Waals surface area (Å²) in [5.41, 5.74) is 2.75. The van der Waals surface area contributed by atoms with Gasteiger partial charge in [0.2, 0.25) is 0 Å². The fourth-order valence-electron chi connectivity index (χ4n) is 2.46. The summed E-state index contributed by atoms with van der Waals surface area (Å²) in [5.74, 6) is 0.178. The Kier molecular flexibility index (Phi) is 6.79. The van der Waals surface area contributed by atoms with E-state index < -0.39 is 0 Å². The number of carbonyl (C=O) groups excluding carboxylic acids is 1. The molecule has 0 unspecified atom stereocenters. The Morgan fingerprint density at radius 2 is 2.11 bits per heavy atom. The van der Waals surface area contributed by atoms with Gasteiger partial charge in [-0.25, -0.2) is 4.99 Å². The Bertz CT molecular complexity index is 990. The number of aliphatic imine (C=N–C) groups is 1. The van der Waals surface area contributed by atoms with Crippen molar-refractivity contribution in [1.82, 2.24) is 5.32 Å².